The van der Waals surface area contributed by atoms with Crippen LogP contribution in [0.5, 0.6) is 5.75 Å². The van der Waals surface area contributed by atoms with Gasteiger partial charge in [-0.25, -0.2) is 8.78 Å². The third-order valence-corrected chi connectivity index (χ3v) is 5.77. The highest BCUT2D eigenvalue weighted by molar-refractivity contribution is 5.74. The minimum atomic E-state index is -4.19. The number of benzene rings is 4. The van der Waals surface area contributed by atoms with E-state index in [4.69, 9.17) is 0 Å². The molecule has 0 N–H and O–H groups in total. The van der Waals surface area contributed by atoms with Gasteiger partial charge in [-0.1, -0.05) is 74.0 Å². The van der Waals surface area contributed by atoms with Crippen LogP contribution in [0.15, 0.2) is 97.1 Å². The molecule has 0 spiro atoms. The Bertz CT molecular complexity index is 1410. The Kier molecular flexibility index (Phi) is 7.71. The predicted molar refractivity (Wildman–Crippen MR) is 133 cm³/mol. The summed E-state index contributed by atoms with van der Waals surface area (Å²) in [6.45, 7) is 2.10. The van der Waals surface area contributed by atoms with E-state index in [0.717, 1.165) is 30.5 Å². The van der Waals surface area contributed by atoms with Gasteiger partial charge in [-0.05, 0) is 58.5 Å². The second-order valence-electron chi connectivity index (χ2n) is 8.46. The van der Waals surface area contributed by atoms with Gasteiger partial charge in [0, 0.05) is 11.1 Å². The molecule has 4 aromatic carbocycles. The van der Waals surface area contributed by atoms with E-state index in [-0.39, 0.29) is 16.9 Å². The van der Waals surface area contributed by atoms with E-state index in [0.29, 0.717) is 16.7 Å². The van der Waals surface area contributed by atoms with Gasteiger partial charge in [0.25, 0.3) is 6.08 Å². The molecule has 0 unspecified atom stereocenters. The number of hydrogen-bond donors (Lipinski definition) is 0. The van der Waals surface area contributed by atoms with Gasteiger partial charge in [0.2, 0.25) is 0 Å². The number of alkyl halides is 2. The van der Waals surface area contributed by atoms with Gasteiger partial charge in [0.05, 0.1) is 6.08 Å². The molecule has 0 bridgehead atoms. The van der Waals surface area contributed by atoms with Gasteiger partial charge in [-0.3, -0.25) is 0 Å². The van der Waals surface area contributed by atoms with Crippen LogP contribution in [-0.4, -0.2) is 6.11 Å². The van der Waals surface area contributed by atoms with E-state index in [2.05, 4.69) is 11.7 Å². The monoisotopic (exact) mass is 512 g/mol. The van der Waals surface area contributed by atoms with E-state index >= 15 is 0 Å². The topological polar surface area (TPSA) is 9.23 Å². The lowest BCUT2D eigenvalue weighted by Crippen LogP contribution is -2.21. The van der Waals surface area contributed by atoms with Crippen LogP contribution in [0.4, 0.5) is 26.3 Å². The Balaban J connectivity index is 1.53. The molecular weight excluding hydrogens is 490 g/mol. The highest BCUT2D eigenvalue weighted by atomic mass is 19.3. The zero-order valence-corrected chi connectivity index (χ0v) is 19.8. The van der Waals surface area contributed by atoms with Crippen LogP contribution < -0.4 is 4.74 Å². The lowest BCUT2D eigenvalue weighted by molar-refractivity contribution is -0.133. The maximum Gasteiger partial charge on any atom is 0.425 e. The first-order valence-corrected chi connectivity index (χ1v) is 11.5. The number of aryl methyl sites for hydroxylation is 1. The van der Waals surface area contributed by atoms with Crippen molar-refractivity contribution in [2.45, 2.75) is 25.9 Å². The van der Waals surface area contributed by atoms with E-state index < -0.39 is 29.9 Å². The summed E-state index contributed by atoms with van der Waals surface area (Å²) in [6, 6.07) is 21.8. The maximum absolute atomic E-state index is 15.0. The SMILES string of the molecule is CCCc1ccc(-c2ccc(-c3ccc(-c4ccc(OC(F)(F)C=C(F)F)cc4)c(F)c3)c(F)c2)cc1. The highest BCUT2D eigenvalue weighted by Crippen LogP contribution is 2.33. The van der Waals surface area contributed by atoms with Crippen molar-refractivity contribution in [1.82, 2.24) is 0 Å². The van der Waals surface area contributed by atoms with Crippen molar-refractivity contribution in [1.29, 1.82) is 0 Å². The molecule has 0 aliphatic rings. The highest BCUT2D eigenvalue weighted by Gasteiger charge is 2.30. The molecule has 7 heteroatoms. The van der Waals surface area contributed by atoms with Crippen LogP contribution >= 0.6 is 0 Å². The first-order valence-electron chi connectivity index (χ1n) is 11.5. The van der Waals surface area contributed by atoms with Crippen LogP contribution in [0, 0.1) is 11.6 Å². The van der Waals surface area contributed by atoms with E-state index in [1.807, 2.05) is 24.3 Å². The fourth-order valence-electron chi connectivity index (χ4n) is 4.01. The Labute approximate surface area is 210 Å². The first-order chi connectivity index (χ1) is 17.6. The normalized spacial score (nSPS) is 11.3. The Hall–Kier alpha value is -4.00. The summed E-state index contributed by atoms with van der Waals surface area (Å²) in [5.41, 5.74) is 3.86. The lowest BCUT2D eigenvalue weighted by Gasteiger charge is -2.14. The molecule has 0 aliphatic heterocycles. The second-order valence-corrected chi connectivity index (χ2v) is 8.46. The average Bonchev–Trinajstić information content (AvgIpc) is 2.84. The summed E-state index contributed by atoms with van der Waals surface area (Å²) in [5, 5.41) is 0. The standard InChI is InChI=1S/C30H22F6O/c1-2-3-19-4-6-20(7-5-19)22-10-14-26(27(31)16-22)23-11-15-25(28(32)17-23)21-8-12-24(13-9-21)37-30(35,36)18-29(33)34/h4-18H,2-3H2,1H3. The molecule has 0 heterocycles. The molecule has 0 fully saturated rings. The van der Waals surface area contributed by atoms with Crippen LogP contribution in [0.1, 0.15) is 18.9 Å². The molecule has 0 amide bonds. The molecule has 0 aliphatic carbocycles. The molecule has 0 radical (unpaired) electrons. The van der Waals surface area contributed by atoms with Crippen molar-refractivity contribution in [3.8, 4) is 39.1 Å². The van der Waals surface area contributed by atoms with Gasteiger partial charge in [0.1, 0.15) is 17.4 Å². The lowest BCUT2D eigenvalue weighted by atomic mass is 9.96. The second kappa shape index (κ2) is 10.9. The van der Waals surface area contributed by atoms with Crippen molar-refractivity contribution in [2.75, 3.05) is 0 Å². The molecule has 1 nitrogen and oxygen atoms in total. The fourth-order valence-corrected chi connectivity index (χ4v) is 4.01. The number of rotatable bonds is 8. The third kappa shape index (κ3) is 6.42. The maximum atomic E-state index is 15.0. The molecule has 190 valence electrons. The number of hydrogen-bond acceptors (Lipinski definition) is 1. The predicted octanol–water partition coefficient (Wildman–Crippen LogP) is 9.67. The fraction of sp³-hybridized carbons (Fsp3) is 0.133. The van der Waals surface area contributed by atoms with E-state index in [9.17, 15) is 26.3 Å². The van der Waals surface area contributed by atoms with Crippen molar-refractivity contribution in [3.05, 3.63) is 114 Å². The zero-order chi connectivity index (χ0) is 26.6. The van der Waals surface area contributed by atoms with Crippen molar-refractivity contribution in [3.63, 3.8) is 0 Å². The van der Waals surface area contributed by atoms with Crippen LogP contribution in [0.25, 0.3) is 33.4 Å². The zero-order valence-electron chi connectivity index (χ0n) is 19.8. The summed E-state index contributed by atoms with van der Waals surface area (Å²) in [5.74, 6) is -1.51. The molecule has 0 aromatic heterocycles. The van der Waals surface area contributed by atoms with E-state index in [1.54, 1.807) is 18.2 Å². The van der Waals surface area contributed by atoms with Gasteiger partial charge < -0.3 is 4.74 Å². The number of ether oxygens (including phenoxy) is 1. The Morgan fingerprint density at radius 3 is 1.78 bits per heavy atom. The van der Waals surface area contributed by atoms with Crippen LogP contribution in [0.2, 0.25) is 0 Å². The van der Waals surface area contributed by atoms with Gasteiger partial charge >= 0.3 is 6.11 Å². The molecule has 0 saturated heterocycles. The average molecular weight is 512 g/mol. The summed E-state index contributed by atoms with van der Waals surface area (Å²) in [7, 11) is 0. The van der Waals surface area contributed by atoms with Gasteiger partial charge in [-0.2, -0.15) is 17.6 Å². The van der Waals surface area contributed by atoms with E-state index in [1.165, 1.54) is 35.9 Å². The summed E-state index contributed by atoms with van der Waals surface area (Å²) >= 11 is 0. The first kappa shape index (κ1) is 26.1. The molecule has 4 aromatic rings. The van der Waals surface area contributed by atoms with Crippen LogP contribution in [0.3, 0.4) is 0 Å². The Morgan fingerprint density at radius 1 is 0.703 bits per heavy atom. The molecule has 37 heavy (non-hydrogen) atoms. The van der Waals surface area contributed by atoms with Crippen LogP contribution in [-0.2, 0) is 6.42 Å². The van der Waals surface area contributed by atoms with Crippen molar-refractivity contribution < 1.29 is 31.1 Å². The molecular formula is C30H22F6O. The minimum absolute atomic E-state index is 0.154. The smallest absolute Gasteiger partial charge is 0.425 e. The molecule has 4 rings (SSSR count). The Morgan fingerprint density at radius 2 is 1.22 bits per heavy atom. The van der Waals surface area contributed by atoms with Gasteiger partial charge in [-0.15, -0.1) is 0 Å². The summed E-state index contributed by atoms with van der Waals surface area (Å²) < 4.78 is 85.2. The summed E-state index contributed by atoms with van der Waals surface area (Å²) in [6.07, 6.45) is -5.35. The molecule has 0 saturated carbocycles. The molecule has 0 atom stereocenters. The third-order valence-electron chi connectivity index (χ3n) is 5.77. The summed E-state index contributed by atoms with van der Waals surface area (Å²) in [4.78, 5) is 0. The van der Waals surface area contributed by atoms with Gasteiger partial charge in [0.15, 0.2) is 0 Å². The largest absolute Gasteiger partial charge is 0.429 e. The van der Waals surface area contributed by atoms with Crippen molar-refractivity contribution in [2.24, 2.45) is 0 Å². The number of halogens is 6. The van der Waals surface area contributed by atoms with Crippen molar-refractivity contribution >= 4 is 0 Å². The minimum Gasteiger partial charge on any atom is -0.429 e. The quantitative estimate of drug-likeness (QED) is 0.214.